The standard InChI is InChI=1S/C22H22F3N5S2/c1-12-18(22(23,24)25)27-20(29-7-4-8-29)28-19(12)30-9-13-14(10-30)15(13)11-31-21-26-16-5-2-3-6-17(16)32-21/h2-3,5-6,13-15H,4,7-11H2,1H3. The van der Waals surface area contributed by atoms with Gasteiger partial charge < -0.3 is 9.80 Å². The molecule has 5 nitrogen and oxygen atoms in total. The van der Waals surface area contributed by atoms with Crippen LogP contribution in [0.5, 0.6) is 0 Å². The van der Waals surface area contributed by atoms with Crippen molar-refractivity contribution in [1.82, 2.24) is 15.0 Å². The number of aromatic nitrogens is 3. The van der Waals surface area contributed by atoms with E-state index >= 15 is 0 Å². The van der Waals surface area contributed by atoms with Crippen molar-refractivity contribution >= 4 is 45.1 Å². The molecule has 0 bridgehead atoms. The average Bonchev–Trinajstić information content (AvgIpc) is 3.05. The van der Waals surface area contributed by atoms with E-state index < -0.39 is 11.9 Å². The van der Waals surface area contributed by atoms with E-state index in [1.807, 2.05) is 28.0 Å². The van der Waals surface area contributed by atoms with Crippen LogP contribution in [-0.4, -0.2) is 46.9 Å². The first-order chi connectivity index (χ1) is 15.4. The molecule has 0 radical (unpaired) electrons. The SMILES string of the molecule is Cc1c(N2CC3C(CSc4nc5ccccc5s4)C3C2)nc(N2CCC2)nc1C(F)(F)F. The quantitative estimate of drug-likeness (QED) is 0.477. The molecular weight excluding hydrogens is 455 g/mol. The van der Waals surface area contributed by atoms with E-state index in [1.165, 1.54) is 11.6 Å². The third-order valence-corrected chi connectivity index (χ3v) is 9.18. The summed E-state index contributed by atoms with van der Waals surface area (Å²) in [6, 6.07) is 8.16. The van der Waals surface area contributed by atoms with Gasteiger partial charge in [0.2, 0.25) is 5.95 Å². The second kappa shape index (κ2) is 7.48. The van der Waals surface area contributed by atoms with Crippen molar-refractivity contribution in [2.24, 2.45) is 17.8 Å². The van der Waals surface area contributed by atoms with E-state index in [1.54, 1.807) is 23.1 Å². The highest BCUT2D eigenvalue weighted by atomic mass is 32.2. The van der Waals surface area contributed by atoms with Crippen LogP contribution < -0.4 is 9.80 Å². The maximum absolute atomic E-state index is 13.6. The molecule has 3 fully saturated rings. The van der Waals surface area contributed by atoms with E-state index in [9.17, 15) is 13.2 Å². The highest BCUT2D eigenvalue weighted by Crippen LogP contribution is 2.55. The third-order valence-electron chi connectivity index (χ3n) is 6.86. The zero-order valence-electron chi connectivity index (χ0n) is 17.5. The minimum Gasteiger partial charge on any atom is -0.356 e. The number of rotatable bonds is 5. The molecular formula is C22H22F3N5S2. The summed E-state index contributed by atoms with van der Waals surface area (Å²) < 4.78 is 43.2. The molecule has 2 saturated heterocycles. The Morgan fingerprint density at radius 2 is 1.81 bits per heavy atom. The van der Waals surface area contributed by atoms with Crippen molar-refractivity contribution in [3.05, 3.63) is 35.5 Å². The number of anilines is 2. The Labute approximate surface area is 192 Å². The first-order valence-electron chi connectivity index (χ1n) is 10.8. The number of alkyl halides is 3. The molecule has 3 aromatic rings. The van der Waals surface area contributed by atoms with Gasteiger partial charge in [-0.25, -0.2) is 9.97 Å². The summed E-state index contributed by atoms with van der Waals surface area (Å²) in [5.74, 6) is 3.33. The number of thioether (sulfide) groups is 1. The largest absolute Gasteiger partial charge is 0.433 e. The van der Waals surface area contributed by atoms with Gasteiger partial charge in [0.05, 0.1) is 10.2 Å². The highest BCUT2D eigenvalue weighted by molar-refractivity contribution is 8.01. The fraction of sp³-hybridized carbons (Fsp3) is 0.500. The molecule has 3 aliphatic rings. The summed E-state index contributed by atoms with van der Waals surface area (Å²) in [4.78, 5) is 17.0. The van der Waals surface area contributed by atoms with Crippen LogP contribution in [0, 0.1) is 24.7 Å². The molecule has 32 heavy (non-hydrogen) atoms. The Morgan fingerprint density at radius 1 is 1.06 bits per heavy atom. The summed E-state index contributed by atoms with van der Waals surface area (Å²) in [7, 11) is 0. The molecule has 0 N–H and O–H groups in total. The zero-order valence-corrected chi connectivity index (χ0v) is 19.1. The zero-order chi connectivity index (χ0) is 22.0. The van der Waals surface area contributed by atoms with Crippen molar-refractivity contribution in [2.75, 3.05) is 41.7 Å². The summed E-state index contributed by atoms with van der Waals surface area (Å²) in [5, 5.41) is 0. The number of hydrogen-bond donors (Lipinski definition) is 0. The van der Waals surface area contributed by atoms with Crippen LogP contribution in [0.4, 0.5) is 24.9 Å². The Bertz CT molecular complexity index is 1130. The number of halogens is 3. The Kier molecular flexibility index (Phi) is 4.80. The normalized spacial score (nSPS) is 24.7. The molecule has 10 heteroatoms. The lowest BCUT2D eigenvalue weighted by Crippen LogP contribution is -2.39. The van der Waals surface area contributed by atoms with Gasteiger partial charge in [-0.15, -0.1) is 11.3 Å². The predicted octanol–water partition coefficient (Wildman–Crippen LogP) is 5.10. The van der Waals surface area contributed by atoms with Gasteiger partial charge in [-0.3, -0.25) is 0 Å². The molecule has 6 rings (SSSR count). The van der Waals surface area contributed by atoms with Crippen LogP contribution in [0.1, 0.15) is 17.7 Å². The van der Waals surface area contributed by atoms with Crippen LogP contribution in [0.15, 0.2) is 28.6 Å². The number of benzene rings is 1. The highest BCUT2D eigenvalue weighted by Gasteiger charge is 2.56. The monoisotopic (exact) mass is 477 g/mol. The van der Waals surface area contributed by atoms with Crippen molar-refractivity contribution < 1.29 is 13.2 Å². The van der Waals surface area contributed by atoms with Crippen molar-refractivity contribution in [1.29, 1.82) is 0 Å². The van der Waals surface area contributed by atoms with Crippen LogP contribution in [0.2, 0.25) is 0 Å². The van der Waals surface area contributed by atoms with Crippen LogP contribution in [0.25, 0.3) is 10.2 Å². The molecule has 2 aromatic heterocycles. The maximum Gasteiger partial charge on any atom is 0.433 e. The lowest BCUT2D eigenvalue weighted by molar-refractivity contribution is -0.141. The van der Waals surface area contributed by atoms with Crippen molar-refractivity contribution in [3.8, 4) is 0 Å². The van der Waals surface area contributed by atoms with Gasteiger partial charge in [0.1, 0.15) is 5.82 Å². The van der Waals surface area contributed by atoms with Crippen LogP contribution in [-0.2, 0) is 6.18 Å². The summed E-state index contributed by atoms with van der Waals surface area (Å²) in [6.07, 6.45) is -3.50. The minimum atomic E-state index is -4.47. The number of hydrogen-bond acceptors (Lipinski definition) is 7. The summed E-state index contributed by atoms with van der Waals surface area (Å²) in [6.45, 7) is 4.48. The molecule has 2 atom stereocenters. The van der Waals surface area contributed by atoms with Gasteiger partial charge in [-0.2, -0.15) is 18.2 Å². The van der Waals surface area contributed by atoms with Crippen LogP contribution >= 0.6 is 23.1 Å². The number of para-hydroxylation sites is 1. The third kappa shape index (κ3) is 3.51. The van der Waals surface area contributed by atoms with Gasteiger partial charge >= 0.3 is 6.18 Å². The second-order valence-electron chi connectivity index (χ2n) is 8.81. The number of thiazole rings is 1. The maximum atomic E-state index is 13.6. The Morgan fingerprint density at radius 3 is 2.47 bits per heavy atom. The van der Waals surface area contributed by atoms with E-state index in [4.69, 9.17) is 4.98 Å². The lowest BCUT2D eigenvalue weighted by atomic mass is 10.2. The Hall–Kier alpha value is -2.07. The van der Waals surface area contributed by atoms with Crippen LogP contribution in [0.3, 0.4) is 0 Å². The van der Waals surface area contributed by atoms with Gasteiger partial charge in [0, 0.05) is 37.5 Å². The topological polar surface area (TPSA) is 45.2 Å². The first kappa shape index (κ1) is 20.5. The van der Waals surface area contributed by atoms with Crippen molar-refractivity contribution in [2.45, 2.75) is 23.9 Å². The summed E-state index contributed by atoms with van der Waals surface area (Å²) in [5.41, 5.74) is 0.385. The lowest BCUT2D eigenvalue weighted by Gasteiger charge is -2.33. The molecule has 4 heterocycles. The number of nitrogens with zero attached hydrogens (tertiary/aromatic N) is 5. The molecule has 0 amide bonds. The predicted molar refractivity (Wildman–Crippen MR) is 122 cm³/mol. The summed E-state index contributed by atoms with van der Waals surface area (Å²) >= 11 is 3.53. The molecule has 168 valence electrons. The number of fused-ring (bicyclic) bond motifs is 2. The van der Waals surface area contributed by atoms with E-state index in [2.05, 4.69) is 16.0 Å². The molecule has 0 spiro atoms. The van der Waals surface area contributed by atoms with Gasteiger partial charge in [-0.05, 0) is 43.2 Å². The molecule has 2 unspecified atom stereocenters. The van der Waals surface area contributed by atoms with E-state index in [0.717, 1.165) is 48.2 Å². The van der Waals surface area contributed by atoms with E-state index in [-0.39, 0.29) is 11.5 Å². The van der Waals surface area contributed by atoms with Crippen molar-refractivity contribution in [3.63, 3.8) is 0 Å². The smallest absolute Gasteiger partial charge is 0.356 e. The second-order valence-corrected chi connectivity index (χ2v) is 11.1. The fourth-order valence-corrected chi connectivity index (χ4v) is 7.28. The molecule has 2 aliphatic heterocycles. The first-order valence-corrected chi connectivity index (χ1v) is 12.6. The van der Waals surface area contributed by atoms with Gasteiger partial charge in [0.25, 0.3) is 0 Å². The van der Waals surface area contributed by atoms with Gasteiger partial charge in [-0.1, -0.05) is 23.9 Å². The minimum absolute atomic E-state index is 0.142. The Balaban J connectivity index is 1.15. The molecule has 1 aromatic carbocycles. The molecule has 1 aliphatic carbocycles. The number of piperidine rings is 1. The van der Waals surface area contributed by atoms with Gasteiger partial charge in [0.15, 0.2) is 10.0 Å². The van der Waals surface area contributed by atoms with E-state index in [0.29, 0.717) is 23.6 Å². The average molecular weight is 478 g/mol. The molecule has 1 saturated carbocycles. The fourth-order valence-electron chi connectivity index (χ4n) is 4.88.